The largest absolute Gasteiger partial charge is 0.493 e. The van der Waals surface area contributed by atoms with E-state index in [-0.39, 0.29) is 5.56 Å². The van der Waals surface area contributed by atoms with Gasteiger partial charge in [0.05, 0.1) is 12.7 Å². The maximum Gasteiger partial charge on any atom is 0.335 e. The zero-order valence-electron chi connectivity index (χ0n) is 10.2. The molecule has 1 aromatic carbocycles. The standard InChI is InChI=1S/C12H17NO4/c1-12(2,7-13)17-10-6-8(11(14)15)4-5-9(10)16-3/h4-6H,7,13H2,1-3H3,(H,14,15). The lowest BCUT2D eigenvalue weighted by molar-refractivity contribution is 0.0693. The van der Waals surface area contributed by atoms with Crippen LogP contribution in [0.5, 0.6) is 11.5 Å². The molecule has 17 heavy (non-hydrogen) atoms. The second kappa shape index (κ2) is 5.05. The Balaban J connectivity index is 3.10. The summed E-state index contributed by atoms with van der Waals surface area (Å²) >= 11 is 0. The molecular formula is C12H17NO4. The number of nitrogens with two attached hydrogens (primary N) is 1. The highest BCUT2D eigenvalue weighted by Gasteiger charge is 2.20. The van der Waals surface area contributed by atoms with Gasteiger partial charge in [-0.25, -0.2) is 4.79 Å². The first-order chi connectivity index (χ1) is 7.89. The fourth-order valence-electron chi connectivity index (χ4n) is 1.23. The van der Waals surface area contributed by atoms with Crippen LogP contribution in [0.1, 0.15) is 24.2 Å². The first-order valence-electron chi connectivity index (χ1n) is 5.20. The highest BCUT2D eigenvalue weighted by Crippen LogP contribution is 2.30. The Labute approximate surface area is 100 Å². The van der Waals surface area contributed by atoms with Crippen LogP contribution in [0.3, 0.4) is 0 Å². The zero-order valence-corrected chi connectivity index (χ0v) is 10.2. The molecule has 0 unspecified atom stereocenters. The number of carbonyl (C=O) groups is 1. The van der Waals surface area contributed by atoms with Crippen LogP contribution in [0, 0.1) is 0 Å². The van der Waals surface area contributed by atoms with E-state index in [1.54, 1.807) is 6.07 Å². The molecule has 0 fully saturated rings. The van der Waals surface area contributed by atoms with Crippen LogP contribution < -0.4 is 15.2 Å². The Morgan fingerprint density at radius 1 is 1.41 bits per heavy atom. The number of hydrogen-bond acceptors (Lipinski definition) is 4. The lowest BCUT2D eigenvalue weighted by atomic mass is 10.1. The van der Waals surface area contributed by atoms with E-state index < -0.39 is 11.6 Å². The van der Waals surface area contributed by atoms with Gasteiger partial charge in [-0.1, -0.05) is 0 Å². The summed E-state index contributed by atoms with van der Waals surface area (Å²) in [7, 11) is 1.50. The number of carboxylic acid groups (broad SMARTS) is 1. The van der Waals surface area contributed by atoms with Gasteiger partial charge in [-0.2, -0.15) is 0 Å². The highest BCUT2D eigenvalue weighted by atomic mass is 16.5. The number of benzene rings is 1. The Morgan fingerprint density at radius 3 is 2.53 bits per heavy atom. The summed E-state index contributed by atoms with van der Waals surface area (Å²) in [5.41, 5.74) is 5.13. The average molecular weight is 239 g/mol. The number of rotatable bonds is 5. The molecule has 5 nitrogen and oxygen atoms in total. The predicted molar refractivity (Wildman–Crippen MR) is 63.7 cm³/mol. The first-order valence-corrected chi connectivity index (χ1v) is 5.20. The van der Waals surface area contributed by atoms with Gasteiger partial charge in [0.1, 0.15) is 5.60 Å². The van der Waals surface area contributed by atoms with Gasteiger partial charge in [0.25, 0.3) is 0 Å². The predicted octanol–water partition coefficient (Wildman–Crippen LogP) is 1.51. The minimum Gasteiger partial charge on any atom is -0.493 e. The van der Waals surface area contributed by atoms with E-state index in [0.29, 0.717) is 18.0 Å². The van der Waals surface area contributed by atoms with Gasteiger partial charge in [0, 0.05) is 6.54 Å². The van der Waals surface area contributed by atoms with E-state index in [9.17, 15) is 4.79 Å². The number of methoxy groups -OCH3 is 1. The molecule has 0 spiro atoms. The van der Waals surface area contributed by atoms with Crippen LogP contribution in [0.15, 0.2) is 18.2 Å². The molecule has 0 atom stereocenters. The molecule has 0 aliphatic heterocycles. The Bertz CT molecular complexity index is 415. The zero-order chi connectivity index (χ0) is 13.1. The summed E-state index contributed by atoms with van der Waals surface area (Å²) in [6, 6.07) is 4.45. The maximum absolute atomic E-state index is 10.9. The van der Waals surface area contributed by atoms with Crippen molar-refractivity contribution in [3.05, 3.63) is 23.8 Å². The molecule has 0 radical (unpaired) electrons. The summed E-state index contributed by atoms with van der Waals surface area (Å²) in [6.07, 6.45) is 0. The van der Waals surface area contributed by atoms with Crippen molar-refractivity contribution in [3.63, 3.8) is 0 Å². The highest BCUT2D eigenvalue weighted by molar-refractivity contribution is 5.88. The van der Waals surface area contributed by atoms with Gasteiger partial charge in [-0.3, -0.25) is 0 Å². The van der Waals surface area contributed by atoms with Crippen LogP contribution in [-0.2, 0) is 0 Å². The lowest BCUT2D eigenvalue weighted by Crippen LogP contribution is -2.37. The number of ether oxygens (including phenoxy) is 2. The molecule has 0 amide bonds. The van der Waals surface area contributed by atoms with Gasteiger partial charge in [-0.15, -0.1) is 0 Å². The SMILES string of the molecule is COc1ccc(C(=O)O)cc1OC(C)(C)CN. The van der Waals surface area contributed by atoms with E-state index in [1.165, 1.54) is 19.2 Å². The summed E-state index contributed by atoms with van der Waals surface area (Å²) in [6.45, 7) is 3.95. The smallest absolute Gasteiger partial charge is 0.335 e. The fourth-order valence-corrected chi connectivity index (χ4v) is 1.23. The Morgan fingerprint density at radius 2 is 2.06 bits per heavy atom. The quantitative estimate of drug-likeness (QED) is 0.813. The van der Waals surface area contributed by atoms with Gasteiger partial charge in [-0.05, 0) is 32.0 Å². The second-order valence-electron chi connectivity index (χ2n) is 4.24. The number of hydrogen-bond donors (Lipinski definition) is 2. The van der Waals surface area contributed by atoms with E-state index in [0.717, 1.165) is 0 Å². The van der Waals surface area contributed by atoms with Crippen LogP contribution in [0.4, 0.5) is 0 Å². The molecule has 0 saturated heterocycles. The number of carboxylic acids is 1. The molecule has 1 rings (SSSR count). The fraction of sp³-hybridized carbons (Fsp3) is 0.417. The Kier molecular flexibility index (Phi) is 3.96. The van der Waals surface area contributed by atoms with Crippen molar-refractivity contribution in [1.29, 1.82) is 0 Å². The van der Waals surface area contributed by atoms with Crippen molar-refractivity contribution in [2.45, 2.75) is 19.4 Å². The monoisotopic (exact) mass is 239 g/mol. The molecule has 0 bridgehead atoms. The second-order valence-corrected chi connectivity index (χ2v) is 4.24. The van der Waals surface area contributed by atoms with Crippen LogP contribution >= 0.6 is 0 Å². The summed E-state index contributed by atoms with van der Waals surface area (Å²) in [5.74, 6) is -0.151. The molecule has 0 aromatic heterocycles. The van der Waals surface area contributed by atoms with Crippen molar-refractivity contribution in [3.8, 4) is 11.5 Å². The third-order valence-corrected chi connectivity index (χ3v) is 2.29. The minimum absolute atomic E-state index is 0.147. The molecule has 1 aromatic rings. The van der Waals surface area contributed by atoms with Crippen LogP contribution in [0.2, 0.25) is 0 Å². The molecule has 3 N–H and O–H groups in total. The minimum atomic E-state index is -1.01. The molecule has 5 heteroatoms. The third kappa shape index (κ3) is 3.35. The molecule has 0 aliphatic rings. The molecule has 0 aliphatic carbocycles. The van der Waals surface area contributed by atoms with Crippen molar-refractivity contribution in [1.82, 2.24) is 0 Å². The Hall–Kier alpha value is -1.75. The third-order valence-electron chi connectivity index (χ3n) is 2.29. The topological polar surface area (TPSA) is 81.8 Å². The van der Waals surface area contributed by atoms with Gasteiger partial charge < -0.3 is 20.3 Å². The van der Waals surface area contributed by atoms with Crippen molar-refractivity contribution >= 4 is 5.97 Å². The lowest BCUT2D eigenvalue weighted by Gasteiger charge is -2.25. The first kappa shape index (κ1) is 13.3. The molecule has 0 saturated carbocycles. The van der Waals surface area contributed by atoms with E-state index in [1.807, 2.05) is 13.8 Å². The normalized spacial score (nSPS) is 11.1. The van der Waals surface area contributed by atoms with Gasteiger partial charge in [0.15, 0.2) is 11.5 Å². The van der Waals surface area contributed by atoms with E-state index >= 15 is 0 Å². The van der Waals surface area contributed by atoms with E-state index in [4.69, 9.17) is 20.3 Å². The van der Waals surface area contributed by atoms with Crippen molar-refractivity contribution in [2.24, 2.45) is 5.73 Å². The van der Waals surface area contributed by atoms with Gasteiger partial charge in [0.2, 0.25) is 0 Å². The van der Waals surface area contributed by atoms with Crippen LogP contribution in [-0.4, -0.2) is 30.3 Å². The average Bonchev–Trinajstić information content (AvgIpc) is 2.28. The van der Waals surface area contributed by atoms with Crippen molar-refractivity contribution in [2.75, 3.05) is 13.7 Å². The summed E-state index contributed by atoms with van der Waals surface area (Å²) in [5, 5.41) is 8.91. The summed E-state index contributed by atoms with van der Waals surface area (Å²) in [4.78, 5) is 10.9. The molecule has 0 heterocycles. The maximum atomic E-state index is 10.9. The molecule has 94 valence electrons. The van der Waals surface area contributed by atoms with Crippen molar-refractivity contribution < 1.29 is 19.4 Å². The molecular weight excluding hydrogens is 222 g/mol. The van der Waals surface area contributed by atoms with E-state index in [2.05, 4.69) is 0 Å². The summed E-state index contributed by atoms with van der Waals surface area (Å²) < 4.78 is 10.8. The van der Waals surface area contributed by atoms with Gasteiger partial charge >= 0.3 is 5.97 Å². The van der Waals surface area contributed by atoms with Crippen LogP contribution in [0.25, 0.3) is 0 Å². The number of aromatic carboxylic acids is 1.